The van der Waals surface area contributed by atoms with Crippen LogP contribution in [0.3, 0.4) is 0 Å². The normalized spacial score (nSPS) is 23.3. The zero-order valence-corrected chi connectivity index (χ0v) is 29.5. The van der Waals surface area contributed by atoms with Gasteiger partial charge in [-0.25, -0.2) is 15.0 Å². The van der Waals surface area contributed by atoms with Crippen LogP contribution in [0.2, 0.25) is 0 Å². The van der Waals surface area contributed by atoms with Gasteiger partial charge in [0.25, 0.3) is 0 Å². The average molecular weight is 686 g/mol. The van der Waals surface area contributed by atoms with Gasteiger partial charge in [0.05, 0.1) is 0 Å². The van der Waals surface area contributed by atoms with Gasteiger partial charge in [0.2, 0.25) is 0 Å². The average Bonchev–Trinajstić information content (AvgIpc) is 3.22. The quantitative estimate of drug-likeness (QED) is 0.181. The van der Waals surface area contributed by atoms with Gasteiger partial charge in [-0.15, -0.1) is 0 Å². The lowest BCUT2D eigenvalue weighted by Gasteiger charge is -2.63. The van der Waals surface area contributed by atoms with E-state index in [2.05, 4.69) is 91.0 Å². The summed E-state index contributed by atoms with van der Waals surface area (Å²) in [6.07, 6.45) is 6.82. The monoisotopic (exact) mass is 685 g/mol. The lowest BCUT2D eigenvalue weighted by Crippen LogP contribution is -2.56. The molecule has 0 unspecified atom stereocenters. The first-order chi connectivity index (χ1) is 26.2. The predicted molar refractivity (Wildman–Crippen MR) is 211 cm³/mol. The highest BCUT2D eigenvalue weighted by atomic mass is 16.5. The van der Waals surface area contributed by atoms with E-state index in [-0.39, 0.29) is 5.41 Å². The van der Waals surface area contributed by atoms with Crippen LogP contribution in [-0.4, -0.2) is 15.0 Å². The first-order valence-corrected chi connectivity index (χ1v) is 19.2. The second kappa shape index (κ2) is 12.1. The van der Waals surface area contributed by atoms with Crippen LogP contribution >= 0.6 is 0 Å². The van der Waals surface area contributed by atoms with Crippen LogP contribution in [0.25, 0.3) is 56.4 Å². The van der Waals surface area contributed by atoms with E-state index in [4.69, 9.17) is 19.7 Å². The van der Waals surface area contributed by atoms with Gasteiger partial charge < -0.3 is 4.74 Å². The summed E-state index contributed by atoms with van der Waals surface area (Å²) in [5.74, 6) is 7.23. The number of para-hydroxylation sites is 1. The molecule has 4 fully saturated rings. The summed E-state index contributed by atoms with van der Waals surface area (Å²) < 4.78 is 6.70. The van der Waals surface area contributed by atoms with E-state index in [0.717, 1.165) is 51.2 Å². The highest BCUT2D eigenvalue weighted by Crippen LogP contribution is 2.69. The maximum absolute atomic E-state index is 6.70. The lowest BCUT2D eigenvalue weighted by atomic mass is 9.41. The summed E-state index contributed by atoms with van der Waals surface area (Å²) in [5, 5.41) is 0. The molecule has 2 heterocycles. The Balaban J connectivity index is 0.987. The third kappa shape index (κ3) is 4.99. The molecular formula is C49H39N3O. The summed E-state index contributed by atoms with van der Waals surface area (Å²) in [7, 11) is 0. The third-order valence-corrected chi connectivity index (χ3v) is 12.8. The van der Waals surface area contributed by atoms with Crippen molar-refractivity contribution < 1.29 is 4.74 Å². The summed E-state index contributed by atoms with van der Waals surface area (Å²) in [4.78, 5) is 14.9. The zero-order valence-electron chi connectivity index (χ0n) is 29.5. The maximum Gasteiger partial charge on any atom is 0.164 e. The summed E-state index contributed by atoms with van der Waals surface area (Å²) in [5.41, 5.74) is 10.5. The van der Waals surface area contributed by atoms with E-state index >= 15 is 0 Å². The predicted octanol–water partition coefficient (Wildman–Crippen LogP) is 12.1. The van der Waals surface area contributed by atoms with Crippen molar-refractivity contribution in [3.8, 4) is 67.9 Å². The number of nitrogens with zero attached hydrogens (tertiary/aromatic N) is 3. The van der Waals surface area contributed by atoms with E-state index in [1.54, 1.807) is 0 Å². The Kier molecular flexibility index (Phi) is 7.01. The molecule has 7 aromatic rings. The fourth-order valence-electron chi connectivity index (χ4n) is 10.7. The smallest absolute Gasteiger partial charge is 0.164 e. The number of ether oxygens (including phenoxy) is 1. The van der Waals surface area contributed by atoms with Crippen LogP contribution in [0.1, 0.15) is 43.2 Å². The SMILES string of the molecule is c1ccc(-c2nc(-c3ccccc3)nc(-c3cccc(-c4cccc(-c5ccc6c(c5)C5(c7ccccc7O6)C6CC7CC(C6)CC5C7)c4)c3)n2)cc1. The van der Waals surface area contributed by atoms with E-state index < -0.39 is 0 Å². The van der Waals surface area contributed by atoms with E-state index in [0.29, 0.717) is 29.3 Å². The van der Waals surface area contributed by atoms with E-state index in [1.807, 2.05) is 60.7 Å². The maximum atomic E-state index is 6.70. The molecule has 0 saturated heterocycles. The summed E-state index contributed by atoms with van der Waals surface area (Å²) in [6.45, 7) is 0. The summed E-state index contributed by atoms with van der Waals surface area (Å²) in [6, 6.07) is 53.8. The minimum Gasteiger partial charge on any atom is -0.457 e. The van der Waals surface area contributed by atoms with Crippen molar-refractivity contribution in [3.63, 3.8) is 0 Å². The van der Waals surface area contributed by atoms with Crippen LogP contribution in [0.5, 0.6) is 11.5 Å². The molecule has 0 atom stereocenters. The second-order valence-corrected chi connectivity index (χ2v) is 15.7. The van der Waals surface area contributed by atoms with Crippen LogP contribution < -0.4 is 4.74 Å². The van der Waals surface area contributed by atoms with Crippen LogP contribution in [0.15, 0.2) is 152 Å². The second-order valence-electron chi connectivity index (χ2n) is 15.7. The number of aromatic nitrogens is 3. The molecule has 4 heteroatoms. The molecular weight excluding hydrogens is 647 g/mol. The van der Waals surface area contributed by atoms with Gasteiger partial charge >= 0.3 is 0 Å². The van der Waals surface area contributed by atoms with Gasteiger partial charge in [0.15, 0.2) is 17.5 Å². The van der Waals surface area contributed by atoms with Crippen molar-refractivity contribution >= 4 is 0 Å². The van der Waals surface area contributed by atoms with Gasteiger partial charge in [-0.1, -0.05) is 121 Å². The first-order valence-electron chi connectivity index (χ1n) is 19.2. The molecule has 0 radical (unpaired) electrons. The minimum atomic E-state index is 0.0291. The van der Waals surface area contributed by atoms with Gasteiger partial charge in [-0.2, -0.15) is 0 Å². The number of benzene rings is 6. The number of hydrogen-bond donors (Lipinski definition) is 0. The Morgan fingerprint density at radius 1 is 0.377 bits per heavy atom. The molecule has 53 heavy (non-hydrogen) atoms. The number of hydrogen-bond acceptors (Lipinski definition) is 4. The molecule has 1 aromatic heterocycles. The van der Waals surface area contributed by atoms with Gasteiger partial charge in [-0.05, 0) is 108 Å². The van der Waals surface area contributed by atoms with Crippen molar-refractivity contribution in [2.75, 3.05) is 0 Å². The standard InChI is InChI=1S/C49H39N3O/c1-3-11-33(12-4-1)46-50-47(34-13-5-2-6-14-34)52-48(51-46)39-18-10-17-37(29-39)35-15-9-16-36(28-35)38-21-22-45-43(30-38)49(42-19-7-8-20-44(42)53-45)40-24-31-23-32(26-40)27-41(49)25-31/h1-22,28-32,40-41H,23-27H2. The highest BCUT2D eigenvalue weighted by Gasteiger charge is 2.61. The molecule has 4 aliphatic carbocycles. The molecule has 4 bridgehead atoms. The number of fused-ring (bicyclic) bond motifs is 2. The molecule has 4 nitrogen and oxygen atoms in total. The molecule has 5 aliphatic rings. The molecule has 1 spiro atoms. The van der Waals surface area contributed by atoms with Crippen LogP contribution in [-0.2, 0) is 5.41 Å². The Labute approximate surface area is 310 Å². The Hall–Kier alpha value is -5.87. The topological polar surface area (TPSA) is 47.9 Å². The van der Waals surface area contributed by atoms with Crippen molar-refractivity contribution in [2.45, 2.75) is 37.5 Å². The minimum absolute atomic E-state index is 0.0291. The van der Waals surface area contributed by atoms with E-state index in [9.17, 15) is 0 Å². The van der Waals surface area contributed by atoms with Crippen molar-refractivity contribution in [1.29, 1.82) is 0 Å². The van der Waals surface area contributed by atoms with Crippen LogP contribution in [0, 0.1) is 23.7 Å². The molecule has 0 N–H and O–H groups in total. The Morgan fingerprint density at radius 2 is 0.830 bits per heavy atom. The molecule has 4 saturated carbocycles. The molecule has 0 amide bonds. The Morgan fingerprint density at radius 3 is 1.43 bits per heavy atom. The van der Waals surface area contributed by atoms with Gasteiger partial charge in [-0.3, -0.25) is 0 Å². The highest BCUT2D eigenvalue weighted by molar-refractivity contribution is 5.78. The zero-order chi connectivity index (χ0) is 34.9. The van der Waals surface area contributed by atoms with Crippen molar-refractivity contribution in [3.05, 3.63) is 163 Å². The van der Waals surface area contributed by atoms with Crippen molar-refractivity contribution in [2.24, 2.45) is 23.7 Å². The van der Waals surface area contributed by atoms with Gasteiger partial charge in [0.1, 0.15) is 11.5 Å². The van der Waals surface area contributed by atoms with Gasteiger partial charge in [0, 0.05) is 33.2 Å². The van der Waals surface area contributed by atoms with Crippen LogP contribution in [0.4, 0.5) is 0 Å². The molecule has 6 aromatic carbocycles. The summed E-state index contributed by atoms with van der Waals surface area (Å²) >= 11 is 0. The lowest BCUT2D eigenvalue weighted by molar-refractivity contribution is -0.0452. The Bertz CT molecular complexity index is 2420. The first kappa shape index (κ1) is 30.7. The van der Waals surface area contributed by atoms with E-state index in [1.165, 1.54) is 54.4 Å². The molecule has 1 aliphatic heterocycles. The third-order valence-electron chi connectivity index (χ3n) is 12.8. The van der Waals surface area contributed by atoms with Crippen molar-refractivity contribution in [1.82, 2.24) is 15.0 Å². The number of rotatable bonds is 5. The molecule has 256 valence electrons. The molecule has 12 rings (SSSR count). The largest absolute Gasteiger partial charge is 0.457 e. The fraction of sp³-hybridized carbons (Fsp3) is 0.204. The fourth-order valence-corrected chi connectivity index (χ4v) is 10.7.